The molecule has 0 spiro atoms. The number of aromatic nitrogens is 2. The van der Waals surface area contributed by atoms with Gasteiger partial charge >= 0.3 is 0 Å². The molecule has 7 nitrogen and oxygen atoms in total. The van der Waals surface area contributed by atoms with Crippen molar-refractivity contribution in [3.05, 3.63) is 34.4 Å². The van der Waals surface area contributed by atoms with Crippen molar-refractivity contribution < 1.29 is 23.4 Å². The molecule has 1 aromatic carbocycles. The number of aryl methyl sites for hydroxylation is 1. The predicted octanol–water partition coefficient (Wildman–Crippen LogP) is 0.265. The Kier molecular flexibility index (Phi) is 1.33. The van der Waals surface area contributed by atoms with Crippen LogP contribution in [0, 0.1) is 6.85 Å². The molecular formula is C14H14N4O3. The predicted molar refractivity (Wildman–Crippen MR) is 76.6 cm³/mol. The van der Waals surface area contributed by atoms with Crippen molar-refractivity contribution in [3.63, 3.8) is 0 Å². The zero-order valence-corrected chi connectivity index (χ0v) is 10.3. The summed E-state index contributed by atoms with van der Waals surface area (Å²) in [6.45, 7) is -3.27. The van der Waals surface area contributed by atoms with E-state index in [4.69, 9.17) is 13.8 Å². The van der Waals surface area contributed by atoms with Crippen LogP contribution in [0.2, 0.25) is 2.82 Å². The van der Waals surface area contributed by atoms with Gasteiger partial charge in [-0.2, -0.15) is 0 Å². The molecule has 1 fully saturated rings. The Morgan fingerprint density at radius 2 is 2.43 bits per heavy atom. The van der Waals surface area contributed by atoms with E-state index >= 15 is 0 Å². The van der Waals surface area contributed by atoms with Crippen LogP contribution >= 0.6 is 0 Å². The van der Waals surface area contributed by atoms with E-state index < -0.39 is 59.9 Å². The molecular weight excluding hydrogens is 272 g/mol. The van der Waals surface area contributed by atoms with Gasteiger partial charge in [-0.3, -0.25) is 24.3 Å². The van der Waals surface area contributed by atoms with Gasteiger partial charge in [0.05, 0.1) is 12.3 Å². The maximum absolute atomic E-state index is 13.4. The Labute approximate surface area is 133 Å². The quantitative estimate of drug-likeness (QED) is 0.611. The zero-order chi connectivity index (χ0) is 23.7. The third kappa shape index (κ3) is 2.06. The third-order valence-corrected chi connectivity index (χ3v) is 2.84. The molecule has 108 valence electrons. The number of fused-ring (bicyclic) bond motifs is 1. The minimum Gasteiger partial charge on any atom is -0.398 e. The monoisotopic (exact) mass is 296 g/mol. The largest absolute Gasteiger partial charge is 0.398 e. The fourth-order valence-corrected chi connectivity index (χ4v) is 1.94. The van der Waals surface area contributed by atoms with E-state index in [2.05, 4.69) is 4.98 Å². The van der Waals surface area contributed by atoms with Crippen LogP contribution < -0.4 is 16.6 Å². The number of benzene rings is 1. The molecule has 2 aromatic rings. The summed E-state index contributed by atoms with van der Waals surface area (Å²) in [4.78, 5) is 41.6. The van der Waals surface area contributed by atoms with E-state index in [1.54, 1.807) is 0 Å². The molecule has 21 heavy (non-hydrogen) atoms. The van der Waals surface area contributed by atoms with Crippen molar-refractivity contribution in [1.29, 1.82) is 0 Å². The lowest BCUT2D eigenvalue weighted by Crippen LogP contribution is -2.45. The summed E-state index contributed by atoms with van der Waals surface area (Å²) in [7, 11) is 0. The lowest BCUT2D eigenvalue weighted by molar-refractivity contribution is -0.135. The third-order valence-electron chi connectivity index (χ3n) is 2.84. The Bertz CT molecular complexity index is 1180. The molecule has 3 rings (SSSR count). The Hall–Kier alpha value is -2.70. The average molecular weight is 296 g/mol. The fraction of sp³-hybridized carbons (Fsp3) is 0.286. The highest BCUT2D eigenvalue weighted by molar-refractivity contribution is 5.99. The van der Waals surface area contributed by atoms with Crippen LogP contribution in [0.15, 0.2) is 23.0 Å². The second-order valence-corrected chi connectivity index (χ2v) is 4.13. The maximum Gasteiger partial charge on any atom is 0.264 e. The summed E-state index contributed by atoms with van der Waals surface area (Å²) in [5.41, 5.74) is -2.20. The van der Waals surface area contributed by atoms with Gasteiger partial charge in [-0.25, -0.2) is 4.98 Å². The first-order valence-corrected chi connectivity index (χ1v) is 5.70. The van der Waals surface area contributed by atoms with Gasteiger partial charge < -0.3 is 5.72 Å². The number of nitrogens with two attached hydrogens (primary N) is 1. The van der Waals surface area contributed by atoms with Gasteiger partial charge in [-0.1, -0.05) is 6.07 Å². The van der Waals surface area contributed by atoms with Gasteiger partial charge in [-0.05, 0) is 25.4 Å². The van der Waals surface area contributed by atoms with E-state index in [0.29, 0.717) is 0 Å². The molecule has 1 aliphatic rings. The highest BCUT2D eigenvalue weighted by atomic mass is 16.2. The second-order valence-electron chi connectivity index (χ2n) is 4.13. The molecule has 0 bridgehead atoms. The number of nitrogens with zero attached hydrogens (tertiary/aromatic N) is 2. The van der Waals surface area contributed by atoms with Crippen molar-refractivity contribution in [1.82, 2.24) is 14.9 Å². The minimum atomic E-state index is -3.73. The maximum atomic E-state index is 13.4. The van der Waals surface area contributed by atoms with Crippen molar-refractivity contribution in [2.24, 2.45) is 0 Å². The Morgan fingerprint density at radius 1 is 1.57 bits per heavy atom. The molecule has 0 aliphatic carbocycles. The standard InChI is InChI=1S/C14H14N4O3/c1-7-16-9-4-2-3-8(15)12(9)14(21)18(7)10-5-6-11(19)17-13(10)20/h2-4,10H,5-6,15H2,1H3,(H,17,19,20)/t10-/m0/s1/i1D3,5D2,6D2,10D/hD2. The van der Waals surface area contributed by atoms with Gasteiger partial charge in [0.15, 0.2) is 2.82 Å². The molecule has 1 saturated heterocycles. The second kappa shape index (κ2) is 4.69. The summed E-state index contributed by atoms with van der Waals surface area (Å²) in [6.07, 6.45) is -7.24. The number of anilines is 1. The van der Waals surface area contributed by atoms with Gasteiger partial charge in [-0.15, -0.1) is 0 Å². The molecule has 0 saturated carbocycles. The zero-order valence-electron chi connectivity index (χ0n) is 20.3. The van der Waals surface area contributed by atoms with Crippen molar-refractivity contribution in [2.45, 2.75) is 25.6 Å². The Morgan fingerprint density at radius 3 is 3.19 bits per heavy atom. The molecule has 1 aliphatic heterocycles. The van der Waals surface area contributed by atoms with Gasteiger partial charge in [0.25, 0.3) is 5.56 Å². The van der Waals surface area contributed by atoms with Crippen LogP contribution in [0.1, 0.15) is 35.6 Å². The fourth-order valence-electron chi connectivity index (χ4n) is 1.94. The van der Waals surface area contributed by atoms with Crippen LogP contribution in [-0.4, -0.2) is 21.4 Å². The number of carbonyl (C=O) groups excluding carboxylic acids is 2. The lowest BCUT2D eigenvalue weighted by atomic mass is 10.1. The summed E-state index contributed by atoms with van der Waals surface area (Å²) in [6, 6.07) is -0.0410. The van der Waals surface area contributed by atoms with Crippen LogP contribution in [-0.2, 0) is 9.59 Å². The van der Waals surface area contributed by atoms with E-state index in [1.807, 2.05) is 0 Å². The Balaban J connectivity index is 2.58. The first-order valence-electron chi connectivity index (χ1n) is 10.6. The number of hydrogen-bond acceptors (Lipinski definition) is 5. The number of nitrogen functional groups attached to an aromatic ring is 1. The van der Waals surface area contributed by atoms with E-state index in [0.717, 1.165) is 6.07 Å². The van der Waals surface area contributed by atoms with Crippen LogP contribution in [0.25, 0.3) is 10.9 Å². The number of rotatable bonds is 2. The highest BCUT2D eigenvalue weighted by Crippen LogP contribution is 2.21. The van der Waals surface area contributed by atoms with Gasteiger partial charge in [0, 0.05) is 21.7 Å². The van der Waals surface area contributed by atoms with E-state index in [9.17, 15) is 14.4 Å². The van der Waals surface area contributed by atoms with Gasteiger partial charge in [0.2, 0.25) is 11.8 Å². The molecule has 0 unspecified atom stereocenters. The van der Waals surface area contributed by atoms with Crippen molar-refractivity contribution in [2.75, 3.05) is 5.72 Å². The normalized spacial score (nSPS) is 34.5. The van der Waals surface area contributed by atoms with E-state index in [-0.39, 0.29) is 15.8 Å². The number of piperidine rings is 1. The first kappa shape index (κ1) is 5.97. The number of nitrogens with one attached hydrogen (secondary N) is 1. The van der Waals surface area contributed by atoms with E-state index in [1.165, 1.54) is 17.4 Å². The number of carbonyl (C=O) groups is 2. The van der Waals surface area contributed by atoms with Crippen molar-refractivity contribution in [3.8, 4) is 0 Å². The smallest absolute Gasteiger partial charge is 0.264 e. The van der Waals surface area contributed by atoms with Gasteiger partial charge in [0.1, 0.15) is 11.8 Å². The average Bonchev–Trinajstić information content (AvgIpc) is 2.64. The number of hydrogen-bond donors (Lipinski definition) is 2. The highest BCUT2D eigenvalue weighted by Gasteiger charge is 2.30. The molecule has 1 aromatic heterocycles. The summed E-state index contributed by atoms with van der Waals surface area (Å²) in [5, 5.41) is 0.894. The van der Waals surface area contributed by atoms with Crippen LogP contribution in [0.5, 0.6) is 0 Å². The molecule has 2 heterocycles. The molecule has 0 radical (unpaired) electrons. The number of amides is 2. The van der Waals surface area contributed by atoms with Crippen LogP contribution in [0.3, 0.4) is 0 Å². The summed E-state index contributed by atoms with van der Waals surface area (Å²) < 4.78 is 78.1. The molecule has 1 atom stereocenters. The minimum absolute atomic E-state index is 0.000232. The summed E-state index contributed by atoms with van der Waals surface area (Å²) in [5.74, 6) is -4.69. The SMILES string of the molecule is [2H]N([2H])c1cccc2nc(C([2H])([2H])[2H])n([C@]3([2H])C(=O)NC(=O)C([2H])([2H])C3([2H])[2H])c(=O)c12. The topological polar surface area (TPSA) is 107 Å². The van der Waals surface area contributed by atoms with Crippen LogP contribution in [0.4, 0.5) is 5.69 Å². The molecule has 7 heteroatoms. The lowest BCUT2D eigenvalue weighted by Gasteiger charge is -2.24. The van der Waals surface area contributed by atoms with Crippen molar-refractivity contribution >= 4 is 28.4 Å². The molecule has 2 amide bonds. The molecule has 3 N–H and O–H groups in total. The number of imide groups is 1. The summed E-state index contributed by atoms with van der Waals surface area (Å²) >= 11 is 0. The first-order chi connectivity index (χ1) is 14.0.